The van der Waals surface area contributed by atoms with Crippen molar-refractivity contribution in [2.75, 3.05) is 31.1 Å². The van der Waals surface area contributed by atoms with Crippen LogP contribution in [0, 0.1) is 5.41 Å². The van der Waals surface area contributed by atoms with Gasteiger partial charge < -0.3 is 30.1 Å². The summed E-state index contributed by atoms with van der Waals surface area (Å²) in [5.41, 5.74) is 6.26. The largest absolute Gasteiger partial charge is 0.450 e. The number of fused-ring (bicyclic) bond motifs is 1. The molecule has 1 fully saturated rings. The number of carbonyl (C=O) groups excluding carboxylic acids is 5. The SMILES string of the molecule is CSC1=C(C(=O)OCOC(=O)C(C)(C)C)N2C(=O)C(NC(=O)/C(=N\OCC(=O)OC(c3ccccc3)c3ccccc3)c3csc(N)n3)[C@H]2SC1. The number of thioether (sulfide) groups is 2. The molecule has 51 heavy (non-hydrogen) atoms. The third-order valence-corrected chi connectivity index (χ3v) is 10.4. The molecule has 268 valence electrons. The molecule has 0 spiro atoms. The van der Waals surface area contributed by atoms with Crippen LogP contribution >= 0.6 is 34.9 Å². The fourth-order valence-electron chi connectivity index (χ4n) is 4.87. The average molecular weight is 754 g/mol. The zero-order chi connectivity index (χ0) is 36.7. The number of nitrogens with two attached hydrogens (primary N) is 1. The van der Waals surface area contributed by atoms with Gasteiger partial charge in [-0.1, -0.05) is 65.8 Å². The van der Waals surface area contributed by atoms with Crippen LogP contribution in [-0.4, -0.2) is 82.1 Å². The molecule has 1 saturated heterocycles. The summed E-state index contributed by atoms with van der Waals surface area (Å²) in [4.78, 5) is 76.4. The van der Waals surface area contributed by atoms with E-state index in [-0.39, 0.29) is 22.2 Å². The Kier molecular flexibility index (Phi) is 12.0. The lowest BCUT2D eigenvalue weighted by Crippen LogP contribution is -2.71. The predicted octanol–water partition coefficient (Wildman–Crippen LogP) is 3.84. The zero-order valence-electron chi connectivity index (χ0n) is 28.0. The summed E-state index contributed by atoms with van der Waals surface area (Å²) in [6, 6.07) is 17.3. The predicted molar refractivity (Wildman–Crippen MR) is 192 cm³/mol. The first-order valence-electron chi connectivity index (χ1n) is 15.5. The first-order chi connectivity index (χ1) is 24.4. The normalized spacial score (nSPS) is 17.3. The second-order valence-corrected chi connectivity index (χ2v) is 14.9. The number of hydrogen-bond acceptors (Lipinski definition) is 15. The number of aromatic nitrogens is 1. The molecule has 3 N–H and O–H groups in total. The maximum atomic E-state index is 13.6. The molecule has 2 aromatic carbocycles. The van der Waals surface area contributed by atoms with Crippen molar-refractivity contribution in [2.24, 2.45) is 10.6 Å². The minimum absolute atomic E-state index is 0.0147. The molecule has 0 aliphatic carbocycles. The molecular formula is C34H35N5O9S3. The monoisotopic (exact) mass is 753 g/mol. The van der Waals surface area contributed by atoms with Crippen molar-refractivity contribution in [1.29, 1.82) is 0 Å². The summed E-state index contributed by atoms with van der Waals surface area (Å²) in [6.07, 6.45) is 1.05. The van der Waals surface area contributed by atoms with Gasteiger partial charge in [0, 0.05) is 16.0 Å². The highest BCUT2D eigenvalue weighted by Crippen LogP contribution is 2.43. The number of nitrogens with zero attached hydrogens (tertiary/aromatic N) is 3. The lowest BCUT2D eigenvalue weighted by atomic mass is 9.98. The van der Waals surface area contributed by atoms with Crippen LogP contribution in [0.25, 0.3) is 0 Å². The van der Waals surface area contributed by atoms with Crippen molar-refractivity contribution in [2.45, 2.75) is 38.3 Å². The molecule has 2 atom stereocenters. The van der Waals surface area contributed by atoms with Crippen LogP contribution in [0.15, 0.2) is 81.8 Å². The Morgan fingerprint density at radius 1 is 1.06 bits per heavy atom. The van der Waals surface area contributed by atoms with Gasteiger partial charge in [-0.2, -0.15) is 0 Å². The number of oxime groups is 1. The van der Waals surface area contributed by atoms with E-state index < -0.39 is 66.1 Å². The second kappa shape index (κ2) is 16.4. The van der Waals surface area contributed by atoms with Gasteiger partial charge in [0.1, 0.15) is 22.8 Å². The second-order valence-electron chi connectivity index (χ2n) is 12.0. The van der Waals surface area contributed by atoms with Crippen molar-refractivity contribution in [1.82, 2.24) is 15.2 Å². The van der Waals surface area contributed by atoms with Crippen molar-refractivity contribution in [3.63, 3.8) is 0 Å². The lowest BCUT2D eigenvalue weighted by molar-refractivity contribution is -0.173. The number of thiazole rings is 1. The molecule has 2 aliphatic rings. The molecule has 0 saturated carbocycles. The first-order valence-corrected chi connectivity index (χ1v) is 18.6. The van der Waals surface area contributed by atoms with E-state index in [1.807, 2.05) is 60.7 Å². The van der Waals surface area contributed by atoms with Crippen LogP contribution < -0.4 is 11.1 Å². The van der Waals surface area contributed by atoms with Crippen molar-refractivity contribution in [3.8, 4) is 0 Å². The molecule has 5 rings (SSSR count). The molecule has 1 unspecified atom stereocenters. The Morgan fingerprint density at radius 2 is 1.71 bits per heavy atom. The van der Waals surface area contributed by atoms with Crippen LogP contribution in [-0.2, 0) is 43.0 Å². The maximum Gasteiger partial charge on any atom is 0.358 e. The summed E-state index contributed by atoms with van der Waals surface area (Å²) < 4.78 is 16.0. The standard InChI is InChI=1S/C34H35N5O9S3/c1-34(2,3)32(44)46-18-45-31(43)26-22(49-4)17-50-30-25(29(42)39(26)30)37-28(41)24(21-16-51-33(35)36-21)38-47-15-23(40)48-27(19-11-7-5-8-12-19)20-13-9-6-10-14-20/h5-14,16,25,27,30H,15,17-18H2,1-4H3,(H2,35,36)(H,37,41)/b38-24-/t25?,30-/m1/s1. The average Bonchev–Trinajstić information content (AvgIpc) is 3.56. The van der Waals surface area contributed by atoms with Gasteiger partial charge in [-0.15, -0.1) is 34.9 Å². The molecular weight excluding hydrogens is 719 g/mol. The number of esters is 3. The smallest absolute Gasteiger partial charge is 0.358 e. The van der Waals surface area contributed by atoms with Gasteiger partial charge in [0.25, 0.3) is 11.8 Å². The Hall–Kier alpha value is -4.87. The third kappa shape index (κ3) is 8.90. The van der Waals surface area contributed by atoms with Gasteiger partial charge in [-0.05, 0) is 38.2 Å². The maximum absolute atomic E-state index is 13.6. The highest BCUT2D eigenvalue weighted by atomic mass is 32.2. The number of rotatable bonds is 13. The van der Waals surface area contributed by atoms with Gasteiger partial charge in [0.15, 0.2) is 16.9 Å². The van der Waals surface area contributed by atoms with Crippen molar-refractivity contribution >= 4 is 75.4 Å². The van der Waals surface area contributed by atoms with E-state index in [9.17, 15) is 24.0 Å². The number of anilines is 1. The molecule has 0 bridgehead atoms. The van der Waals surface area contributed by atoms with Crippen LogP contribution in [0.3, 0.4) is 0 Å². The van der Waals surface area contributed by atoms with Gasteiger partial charge in [0.2, 0.25) is 13.4 Å². The molecule has 14 nitrogen and oxygen atoms in total. The topological polar surface area (TPSA) is 189 Å². The summed E-state index contributed by atoms with van der Waals surface area (Å²) in [6.45, 7) is 3.73. The number of hydrogen-bond donors (Lipinski definition) is 2. The van der Waals surface area contributed by atoms with E-state index in [1.54, 1.807) is 27.0 Å². The quantitative estimate of drug-likeness (QED) is 0.0843. The number of carbonyl (C=O) groups is 5. The minimum Gasteiger partial charge on any atom is -0.450 e. The Morgan fingerprint density at radius 3 is 2.27 bits per heavy atom. The highest BCUT2D eigenvalue weighted by molar-refractivity contribution is 8.05. The highest BCUT2D eigenvalue weighted by Gasteiger charge is 2.55. The van der Waals surface area contributed by atoms with E-state index >= 15 is 0 Å². The number of nitrogen functional groups attached to an aromatic ring is 1. The molecule has 3 aromatic rings. The van der Waals surface area contributed by atoms with E-state index in [4.69, 9.17) is 24.8 Å². The molecule has 17 heteroatoms. The van der Waals surface area contributed by atoms with Crippen LogP contribution in [0.2, 0.25) is 0 Å². The van der Waals surface area contributed by atoms with Gasteiger partial charge in [0.05, 0.1) is 5.41 Å². The van der Waals surface area contributed by atoms with E-state index in [0.29, 0.717) is 10.7 Å². The van der Waals surface area contributed by atoms with E-state index in [1.165, 1.54) is 33.8 Å². The number of β-lactam (4-membered cyclic amide) rings is 1. The summed E-state index contributed by atoms with van der Waals surface area (Å²) in [7, 11) is 0. The Labute approximate surface area is 306 Å². The van der Waals surface area contributed by atoms with Gasteiger partial charge in [-0.3, -0.25) is 19.3 Å². The lowest BCUT2D eigenvalue weighted by Gasteiger charge is -2.49. The summed E-state index contributed by atoms with van der Waals surface area (Å²) >= 11 is 3.67. The van der Waals surface area contributed by atoms with Gasteiger partial charge in [-0.25, -0.2) is 14.6 Å². The van der Waals surface area contributed by atoms with Gasteiger partial charge >= 0.3 is 17.9 Å². The molecule has 1 aromatic heterocycles. The third-order valence-electron chi connectivity index (χ3n) is 7.42. The molecule has 2 amide bonds. The van der Waals surface area contributed by atoms with E-state index in [0.717, 1.165) is 22.5 Å². The van der Waals surface area contributed by atoms with Crippen LogP contribution in [0.4, 0.5) is 5.13 Å². The molecule has 0 radical (unpaired) electrons. The zero-order valence-corrected chi connectivity index (χ0v) is 30.5. The molecule has 2 aliphatic heterocycles. The Bertz CT molecular complexity index is 1800. The fourth-order valence-corrected chi connectivity index (χ4v) is 7.66. The first kappa shape index (κ1) is 37.4. The minimum atomic E-state index is -1.05. The number of nitrogens with one attached hydrogen (secondary N) is 1. The summed E-state index contributed by atoms with van der Waals surface area (Å²) in [5.74, 6) is -3.18. The van der Waals surface area contributed by atoms with E-state index in [2.05, 4.69) is 15.5 Å². The number of amides is 2. The summed E-state index contributed by atoms with van der Waals surface area (Å²) in [5, 5.41) is 7.54. The van der Waals surface area contributed by atoms with Crippen LogP contribution in [0.5, 0.6) is 0 Å². The van der Waals surface area contributed by atoms with Crippen LogP contribution in [0.1, 0.15) is 43.7 Å². The fraction of sp³-hybridized carbons (Fsp3) is 0.324. The number of benzene rings is 2. The van der Waals surface area contributed by atoms with Crippen molar-refractivity contribution in [3.05, 3.63) is 93.5 Å². The Balaban J connectivity index is 1.25. The number of ether oxygens (including phenoxy) is 3. The van der Waals surface area contributed by atoms with Crippen molar-refractivity contribution < 1.29 is 43.0 Å². The molecule has 3 heterocycles.